The number of hydrogen-bond donors (Lipinski definition) is 1. The first-order valence-electron chi connectivity index (χ1n) is 6.61. The maximum absolute atomic E-state index is 12.4. The third-order valence-electron chi connectivity index (χ3n) is 4.26. The standard InChI is InChI=1S/C13H21NO4/c1-18-5-4-14(8-12(15)16)13(17)11-7-9-2-3-10(11)6-9/h9-11H,2-8H2,1H3,(H,15,16). The fourth-order valence-electron chi connectivity index (χ4n) is 3.41. The maximum atomic E-state index is 12.4. The molecule has 0 aromatic rings. The number of carbonyl (C=O) groups excluding carboxylic acids is 1. The molecule has 5 nitrogen and oxygen atoms in total. The van der Waals surface area contributed by atoms with Gasteiger partial charge in [-0.2, -0.15) is 0 Å². The molecule has 2 rings (SSSR count). The molecule has 3 unspecified atom stereocenters. The average Bonchev–Trinajstić information content (AvgIpc) is 2.95. The quantitative estimate of drug-likeness (QED) is 0.768. The molecule has 2 fully saturated rings. The van der Waals surface area contributed by atoms with Gasteiger partial charge in [0.25, 0.3) is 0 Å². The Labute approximate surface area is 107 Å². The lowest BCUT2D eigenvalue weighted by atomic mass is 9.87. The van der Waals surface area contributed by atoms with E-state index in [2.05, 4.69) is 0 Å². The summed E-state index contributed by atoms with van der Waals surface area (Å²) in [6, 6.07) is 0. The lowest BCUT2D eigenvalue weighted by Crippen LogP contribution is -2.42. The zero-order valence-corrected chi connectivity index (χ0v) is 10.8. The van der Waals surface area contributed by atoms with Gasteiger partial charge in [-0.05, 0) is 31.1 Å². The van der Waals surface area contributed by atoms with Gasteiger partial charge in [0.15, 0.2) is 0 Å². The number of ether oxygens (including phenoxy) is 1. The van der Waals surface area contributed by atoms with Gasteiger partial charge in [0.05, 0.1) is 6.61 Å². The smallest absolute Gasteiger partial charge is 0.323 e. The fraction of sp³-hybridized carbons (Fsp3) is 0.846. The number of carboxylic acid groups (broad SMARTS) is 1. The molecule has 1 N–H and O–H groups in total. The van der Waals surface area contributed by atoms with Crippen LogP contribution in [0.4, 0.5) is 0 Å². The van der Waals surface area contributed by atoms with Crippen LogP contribution in [-0.4, -0.2) is 48.7 Å². The van der Waals surface area contributed by atoms with Crippen LogP contribution < -0.4 is 0 Å². The van der Waals surface area contributed by atoms with Gasteiger partial charge in [-0.3, -0.25) is 9.59 Å². The number of amides is 1. The van der Waals surface area contributed by atoms with E-state index < -0.39 is 5.97 Å². The van der Waals surface area contributed by atoms with E-state index in [1.807, 2.05) is 0 Å². The molecule has 2 saturated carbocycles. The molecule has 0 aromatic heterocycles. The van der Waals surface area contributed by atoms with Crippen LogP contribution in [0.3, 0.4) is 0 Å². The van der Waals surface area contributed by atoms with Crippen molar-refractivity contribution >= 4 is 11.9 Å². The van der Waals surface area contributed by atoms with Crippen molar-refractivity contribution in [2.75, 3.05) is 26.8 Å². The van der Waals surface area contributed by atoms with Crippen LogP contribution in [0.25, 0.3) is 0 Å². The van der Waals surface area contributed by atoms with E-state index in [4.69, 9.17) is 9.84 Å². The Morgan fingerprint density at radius 2 is 2.11 bits per heavy atom. The second kappa shape index (κ2) is 5.69. The minimum atomic E-state index is -0.956. The molecule has 3 atom stereocenters. The summed E-state index contributed by atoms with van der Waals surface area (Å²) in [4.78, 5) is 24.6. The van der Waals surface area contributed by atoms with Crippen LogP contribution in [0, 0.1) is 17.8 Å². The van der Waals surface area contributed by atoms with Gasteiger partial charge in [0.1, 0.15) is 6.54 Å². The number of nitrogens with zero attached hydrogens (tertiary/aromatic N) is 1. The molecule has 2 aliphatic carbocycles. The molecule has 0 spiro atoms. The van der Waals surface area contributed by atoms with E-state index in [1.54, 1.807) is 7.11 Å². The van der Waals surface area contributed by atoms with Crippen molar-refractivity contribution in [3.05, 3.63) is 0 Å². The largest absolute Gasteiger partial charge is 0.480 e. The first-order chi connectivity index (χ1) is 8.61. The Hall–Kier alpha value is -1.10. The molecule has 2 bridgehead atoms. The van der Waals surface area contributed by atoms with Crippen molar-refractivity contribution in [1.29, 1.82) is 0 Å². The van der Waals surface area contributed by atoms with Gasteiger partial charge in [0, 0.05) is 19.6 Å². The minimum Gasteiger partial charge on any atom is -0.480 e. The molecular weight excluding hydrogens is 234 g/mol. The Kier molecular flexibility index (Phi) is 4.22. The molecule has 18 heavy (non-hydrogen) atoms. The van der Waals surface area contributed by atoms with Gasteiger partial charge in [0.2, 0.25) is 5.91 Å². The molecule has 1 amide bonds. The van der Waals surface area contributed by atoms with Crippen molar-refractivity contribution in [2.45, 2.75) is 25.7 Å². The van der Waals surface area contributed by atoms with Crippen LogP contribution >= 0.6 is 0 Å². The van der Waals surface area contributed by atoms with Gasteiger partial charge in [-0.25, -0.2) is 0 Å². The van der Waals surface area contributed by atoms with Crippen molar-refractivity contribution in [2.24, 2.45) is 17.8 Å². The molecule has 0 aromatic carbocycles. The maximum Gasteiger partial charge on any atom is 0.323 e. The predicted molar refractivity (Wildman–Crippen MR) is 65.0 cm³/mol. The summed E-state index contributed by atoms with van der Waals surface area (Å²) in [5.41, 5.74) is 0. The average molecular weight is 255 g/mol. The Morgan fingerprint density at radius 1 is 1.33 bits per heavy atom. The van der Waals surface area contributed by atoms with Gasteiger partial charge in [-0.1, -0.05) is 6.42 Å². The summed E-state index contributed by atoms with van der Waals surface area (Å²) in [6.45, 7) is 0.547. The minimum absolute atomic E-state index is 0.0154. The number of methoxy groups -OCH3 is 1. The highest BCUT2D eigenvalue weighted by atomic mass is 16.5. The van der Waals surface area contributed by atoms with E-state index in [9.17, 15) is 9.59 Å². The topological polar surface area (TPSA) is 66.8 Å². The second-order valence-electron chi connectivity index (χ2n) is 5.43. The molecular formula is C13H21NO4. The van der Waals surface area contributed by atoms with Crippen LogP contribution in [0.15, 0.2) is 0 Å². The van der Waals surface area contributed by atoms with Crippen molar-refractivity contribution in [1.82, 2.24) is 4.90 Å². The zero-order valence-electron chi connectivity index (χ0n) is 10.8. The number of carbonyl (C=O) groups is 2. The molecule has 0 radical (unpaired) electrons. The third kappa shape index (κ3) is 2.83. The monoisotopic (exact) mass is 255 g/mol. The highest BCUT2D eigenvalue weighted by Crippen LogP contribution is 2.48. The number of carboxylic acids is 1. The molecule has 0 saturated heterocycles. The van der Waals surface area contributed by atoms with Gasteiger partial charge >= 0.3 is 5.97 Å². The van der Waals surface area contributed by atoms with E-state index in [0.29, 0.717) is 25.0 Å². The normalized spacial score (nSPS) is 29.5. The van der Waals surface area contributed by atoms with Crippen LogP contribution in [0.5, 0.6) is 0 Å². The summed E-state index contributed by atoms with van der Waals surface area (Å²) in [7, 11) is 1.56. The summed E-state index contributed by atoms with van der Waals surface area (Å²) in [5.74, 6) is 0.295. The molecule has 0 aliphatic heterocycles. The van der Waals surface area contributed by atoms with E-state index >= 15 is 0 Å². The second-order valence-corrected chi connectivity index (χ2v) is 5.43. The Balaban J connectivity index is 1.96. The first-order valence-corrected chi connectivity index (χ1v) is 6.61. The van der Waals surface area contributed by atoms with Crippen molar-refractivity contribution in [3.63, 3.8) is 0 Å². The van der Waals surface area contributed by atoms with E-state index in [-0.39, 0.29) is 18.4 Å². The highest BCUT2D eigenvalue weighted by molar-refractivity contribution is 5.83. The van der Waals surface area contributed by atoms with Crippen molar-refractivity contribution < 1.29 is 19.4 Å². The van der Waals surface area contributed by atoms with Gasteiger partial charge in [-0.15, -0.1) is 0 Å². The Morgan fingerprint density at radius 3 is 2.61 bits per heavy atom. The summed E-state index contributed by atoms with van der Waals surface area (Å²) < 4.78 is 4.94. The number of fused-ring (bicyclic) bond motifs is 2. The molecule has 0 heterocycles. The van der Waals surface area contributed by atoms with Crippen LogP contribution in [0.2, 0.25) is 0 Å². The SMILES string of the molecule is COCCN(CC(=O)O)C(=O)C1CC2CCC1C2. The lowest BCUT2D eigenvalue weighted by Gasteiger charge is -2.28. The van der Waals surface area contributed by atoms with Gasteiger partial charge < -0.3 is 14.7 Å². The lowest BCUT2D eigenvalue weighted by molar-refractivity contribution is -0.147. The van der Waals surface area contributed by atoms with E-state index in [0.717, 1.165) is 19.3 Å². The summed E-state index contributed by atoms with van der Waals surface area (Å²) in [5, 5.41) is 8.87. The zero-order chi connectivity index (χ0) is 13.1. The number of rotatable bonds is 6. The molecule has 5 heteroatoms. The summed E-state index contributed by atoms with van der Waals surface area (Å²) >= 11 is 0. The fourth-order valence-corrected chi connectivity index (χ4v) is 3.41. The predicted octanol–water partition coefficient (Wildman–Crippen LogP) is 0.982. The van der Waals surface area contributed by atoms with Crippen LogP contribution in [0.1, 0.15) is 25.7 Å². The molecule has 2 aliphatic rings. The number of aliphatic carboxylic acids is 1. The highest BCUT2D eigenvalue weighted by Gasteiger charge is 2.44. The van der Waals surface area contributed by atoms with E-state index in [1.165, 1.54) is 11.3 Å². The molecule has 102 valence electrons. The number of hydrogen-bond acceptors (Lipinski definition) is 3. The van der Waals surface area contributed by atoms with Crippen LogP contribution in [-0.2, 0) is 14.3 Å². The van der Waals surface area contributed by atoms with Crippen molar-refractivity contribution in [3.8, 4) is 0 Å². The first kappa shape index (κ1) is 13.3. The third-order valence-corrected chi connectivity index (χ3v) is 4.26. The summed E-state index contributed by atoms with van der Waals surface area (Å²) in [6.07, 6.45) is 4.48. The Bertz CT molecular complexity index is 331.